The third-order valence-electron chi connectivity index (χ3n) is 4.24. The van der Waals surface area contributed by atoms with E-state index in [9.17, 15) is 14.7 Å². The predicted molar refractivity (Wildman–Crippen MR) is 82.1 cm³/mol. The van der Waals surface area contributed by atoms with E-state index >= 15 is 0 Å². The van der Waals surface area contributed by atoms with Crippen LogP contribution in [0.15, 0.2) is 0 Å². The summed E-state index contributed by atoms with van der Waals surface area (Å²) >= 11 is 1.75. The molecule has 20 heavy (non-hydrogen) atoms. The fourth-order valence-corrected chi connectivity index (χ4v) is 3.16. The van der Waals surface area contributed by atoms with E-state index in [-0.39, 0.29) is 18.0 Å². The summed E-state index contributed by atoms with van der Waals surface area (Å²) < 4.78 is 0. The number of carboxylic acid groups (broad SMARTS) is 1. The number of hydrogen-bond acceptors (Lipinski definition) is 3. The number of nitrogens with zero attached hydrogens (tertiary/aromatic N) is 1. The number of hydrogen-bond donors (Lipinski definition) is 2. The van der Waals surface area contributed by atoms with Gasteiger partial charge in [0.25, 0.3) is 0 Å². The van der Waals surface area contributed by atoms with Crippen molar-refractivity contribution in [2.45, 2.75) is 39.7 Å². The molecule has 0 bridgehead atoms. The van der Waals surface area contributed by atoms with Crippen LogP contribution < -0.4 is 5.32 Å². The van der Waals surface area contributed by atoms with Gasteiger partial charge in [0, 0.05) is 19.1 Å². The SMILES string of the molecule is CSCCC(C)NC(=O)N1CCC(C(=O)O)(C(C)C)C1. The van der Waals surface area contributed by atoms with Crippen molar-refractivity contribution in [3.63, 3.8) is 0 Å². The number of carbonyl (C=O) groups is 2. The quantitative estimate of drug-likeness (QED) is 0.789. The molecule has 1 heterocycles. The number of thioether (sulfide) groups is 1. The van der Waals surface area contributed by atoms with Gasteiger partial charge in [-0.2, -0.15) is 11.8 Å². The van der Waals surface area contributed by atoms with Gasteiger partial charge in [-0.15, -0.1) is 0 Å². The Balaban J connectivity index is 2.58. The summed E-state index contributed by atoms with van der Waals surface area (Å²) in [5.41, 5.74) is -0.792. The van der Waals surface area contributed by atoms with E-state index in [1.165, 1.54) is 0 Å². The van der Waals surface area contributed by atoms with Crippen LogP contribution in [0.25, 0.3) is 0 Å². The first-order valence-electron chi connectivity index (χ1n) is 7.11. The molecule has 0 aliphatic carbocycles. The topological polar surface area (TPSA) is 69.6 Å². The Morgan fingerprint density at radius 3 is 2.50 bits per heavy atom. The molecule has 1 aliphatic rings. The van der Waals surface area contributed by atoms with Gasteiger partial charge in [0.05, 0.1) is 5.41 Å². The summed E-state index contributed by atoms with van der Waals surface area (Å²) in [4.78, 5) is 25.3. The zero-order valence-electron chi connectivity index (χ0n) is 12.8. The second-order valence-electron chi connectivity index (χ2n) is 5.92. The van der Waals surface area contributed by atoms with Crippen LogP contribution >= 0.6 is 11.8 Å². The first-order chi connectivity index (χ1) is 9.33. The normalized spacial score (nSPS) is 23.9. The summed E-state index contributed by atoms with van der Waals surface area (Å²) in [7, 11) is 0. The summed E-state index contributed by atoms with van der Waals surface area (Å²) in [5, 5.41) is 12.4. The molecule has 0 aromatic rings. The molecule has 0 spiro atoms. The van der Waals surface area contributed by atoms with Crippen molar-refractivity contribution in [2.24, 2.45) is 11.3 Å². The minimum Gasteiger partial charge on any atom is -0.481 e. The van der Waals surface area contributed by atoms with Gasteiger partial charge in [0.1, 0.15) is 0 Å². The summed E-state index contributed by atoms with van der Waals surface area (Å²) in [6.07, 6.45) is 3.50. The van der Waals surface area contributed by atoms with E-state index in [1.54, 1.807) is 16.7 Å². The van der Waals surface area contributed by atoms with Gasteiger partial charge < -0.3 is 15.3 Å². The second-order valence-corrected chi connectivity index (χ2v) is 6.91. The lowest BCUT2D eigenvalue weighted by atomic mass is 9.76. The molecule has 2 atom stereocenters. The van der Waals surface area contributed by atoms with Crippen LogP contribution in [0.1, 0.15) is 33.6 Å². The Bertz CT molecular complexity index is 362. The number of likely N-dealkylation sites (tertiary alicyclic amines) is 1. The highest BCUT2D eigenvalue weighted by Gasteiger charge is 2.48. The second kappa shape index (κ2) is 7.20. The maximum absolute atomic E-state index is 12.2. The minimum atomic E-state index is -0.793. The molecule has 0 saturated carbocycles. The number of nitrogens with one attached hydrogen (secondary N) is 1. The Kier molecular flexibility index (Phi) is 6.17. The molecule has 6 heteroatoms. The van der Waals surface area contributed by atoms with Crippen molar-refractivity contribution in [3.05, 3.63) is 0 Å². The number of carbonyl (C=O) groups excluding carboxylic acids is 1. The molecular weight excluding hydrogens is 276 g/mol. The van der Waals surface area contributed by atoms with Crippen molar-refractivity contribution >= 4 is 23.8 Å². The van der Waals surface area contributed by atoms with Gasteiger partial charge in [-0.05, 0) is 37.7 Å². The predicted octanol–water partition coefficient (Wildman–Crippen LogP) is 2.27. The van der Waals surface area contributed by atoms with E-state index in [2.05, 4.69) is 5.32 Å². The molecule has 2 unspecified atom stereocenters. The standard InChI is InChI=1S/C14H26N2O3S/c1-10(2)14(12(17)18)6-7-16(9-14)13(19)15-11(3)5-8-20-4/h10-11H,5-9H2,1-4H3,(H,15,19)(H,17,18). The fourth-order valence-electron chi connectivity index (χ4n) is 2.57. The van der Waals surface area contributed by atoms with Crippen LogP contribution in [0.2, 0.25) is 0 Å². The van der Waals surface area contributed by atoms with E-state index in [0.29, 0.717) is 19.5 Å². The van der Waals surface area contributed by atoms with Crippen LogP contribution in [-0.2, 0) is 4.79 Å². The molecule has 2 N–H and O–H groups in total. The third kappa shape index (κ3) is 3.81. The first-order valence-corrected chi connectivity index (χ1v) is 8.50. The molecule has 1 fully saturated rings. The Morgan fingerprint density at radius 1 is 1.40 bits per heavy atom. The number of urea groups is 1. The maximum atomic E-state index is 12.2. The van der Waals surface area contributed by atoms with E-state index in [4.69, 9.17) is 0 Å². The number of carboxylic acids is 1. The van der Waals surface area contributed by atoms with Crippen molar-refractivity contribution in [3.8, 4) is 0 Å². The smallest absolute Gasteiger partial charge is 0.317 e. The Morgan fingerprint density at radius 2 is 2.05 bits per heavy atom. The molecule has 1 rings (SSSR count). The zero-order chi connectivity index (χ0) is 15.3. The molecule has 0 radical (unpaired) electrons. The van der Waals surface area contributed by atoms with E-state index in [0.717, 1.165) is 12.2 Å². The molecule has 1 saturated heterocycles. The van der Waals surface area contributed by atoms with E-state index < -0.39 is 11.4 Å². The van der Waals surface area contributed by atoms with Gasteiger partial charge in [0.15, 0.2) is 0 Å². The monoisotopic (exact) mass is 302 g/mol. The van der Waals surface area contributed by atoms with Gasteiger partial charge >= 0.3 is 12.0 Å². The summed E-state index contributed by atoms with van der Waals surface area (Å²) in [5.74, 6) is 0.233. The number of rotatable bonds is 6. The Hall–Kier alpha value is -0.910. The lowest BCUT2D eigenvalue weighted by molar-refractivity contribution is -0.150. The highest BCUT2D eigenvalue weighted by Crippen LogP contribution is 2.38. The molecule has 2 amide bonds. The van der Waals surface area contributed by atoms with E-state index in [1.807, 2.05) is 27.0 Å². The third-order valence-corrected chi connectivity index (χ3v) is 4.89. The first kappa shape index (κ1) is 17.1. The van der Waals surface area contributed by atoms with Gasteiger partial charge in [-0.1, -0.05) is 13.8 Å². The molecule has 116 valence electrons. The molecular formula is C14H26N2O3S. The maximum Gasteiger partial charge on any atom is 0.317 e. The lowest BCUT2D eigenvalue weighted by Gasteiger charge is -2.29. The Labute approximate surface area is 125 Å². The van der Waals surface area contributed by atoms with Gasteiger partial charge in [-0.25, -0.2) is 4.79 Å². The summed E-state index contributed by atoms with van der Waals surface area (Å²) in [6.45, 7) is 6.64. The zero-order valence-corrected chi connectivity index (χ0v) is 13.6. The highest BCUT2D eigenvalue weighted by atomic mass is 32.2. The van der Waals surface area contributed by atoms with Crippen molar-refractivity contribution in [1.29, 1.82) is 0 Å². The number of aliphatic carboxylic acids is 1. The van der Waals surface area contributed by atoms with Crippen LogP contribution in [0.5, 0.6) is 0 Å². The van der Waals surface area contributed by atoms with Crippen molar-refractivity contribution in [1.82, 2.24) is 10.2 Å². The average Bonchev–Trinajstić information content (AvgIpc) is 2.82. The number of amides is 2. The minimum absolute atomic E-state index is 0.0201. The van der Waals surface area contributed by atoms with Crippen molar-refractivity contribution < 1.29 is 14.7 Å². The van der Waals surface area contributed by atoms with Gasteiger partial charge in [-0.3, -0.25) is 4.79 Å². The van der Waals surface area contributed by atoms with Gasteiger partial charge in [0.2, 0.25) is 0 Å². The largest absolute Gasteiger partial charge is 0.481 e. The van der Waals surface area contributed by atoms with Crippen LogP contribution in [-0.4, -0.2) is 53.1 Å². The van der Waals surface area contributed by atoms with Crippen LogP contribution in [0, 0.1) is 11.3 Å². The van der Waals surface area contributed by atoms with Crippen LogP contribution in [0.3, 0.4) is 0 Å². The molecule has 1 aliphatic heterocycles. The highest BCUT2D eigenvalue weighted by molar-refractivity contribution is 7.98. The molecule has 0 aromatic heterocycles. The fraction of sp³-hybridized carbons (Fsp3) is 0.857. The van der Waals surface area contributed by atoms with Crippen LogP contribution in [0.4, 0.5) is 4.79 Å². The average molecular weight is 302 g/mol. The van der Waals surface area contributed by atoms with Crippen molar-refractivity contribution in [2.75, 3.05) is 25.1 Å². The molecule has 0 aromatic carbocycles. The lowest BCUT2D eigenvalue weighted by Crippen LogP contribution is -2.46. The molecule has 5 nitrogen and oxygen atoms in total. The summed E-state index contributed by atoms with van der Waals surface area (Å²) in [6, 6.07) is -0.0174.